The van der Waals surface area contributed by atoms with Gasteiger partial charge in [0.05, 0.1) is 6.54 Å². The molecule has 7 heteroatoms. The largest absolute Gasteiger partial charge is 0.370 e. The van der Waals surface area contributed by atoms with Crippen LogP contribution in [0.3, 0.4) is 0 Å². The van der Waals surface area contributed by atoms with E-state index in [1.54, 1.807) is 11.3 Å². The van der Waals surface area contributed by atoms with Gasteiger partial charge < -0.3 is 16.4 Å². The zero-order valence-electron chi connectivity index (χ0n) is 14.3. The van der Waals surface area contributed by atoms with Gasteiger partial charge in [0.25, 0.3) is 0 Å². The van der Waals surface area contributed by atoms with Crippen LogP contribution in [0.1, 0.15) is 30.2 Å². The summed E-state index contributed by atoms with van der Waals surface area (Å²) < 4.78 is 0. The normalized spacial score (nSPS) is 10.8. The van der Waals surface area contributed by atoms with Crippen LogP contribution in [0.4, 0.5) is 5.69 Å². The first-order valence-corrected chi connectivity index (χ1v) is 9.00. The second-order valence-electron chi connectivity index (χ2n) is 5.46. The highest BCUT2D eigenvalue weighted by atomic mass is 127. The third-order valence-electron chi connectivity index (χ3n) is 3.38. The van der Waals surface area contributed by atoms with Crippen molar-refractivity contribution in [2.75, 3.05) is 11.9 Å². The van der Waals surface area contributed by atoms with Crippen molar-refractivity contribution < 1.29 is 4.79 Å². The van der Waals surface area contributed by atoms with E-state index in [9.17, 15) is 4.79 Å². The summed E-state index contributed by atoms with van der Waals surface area (Å²) in [4.78, 5) is 17.3. The quantitative estimate of drug-likeness (QED) is 0.311. The van der Waals surface area contributed by atoms with Crippen molar-refractivity contribution >= 4 is 52.9 Å². The van der Waals surface area contributed by atoms with Gasteiger partial charge in [-0.15, -0.1) is 35.3 Å². The maximum Gasteiger partial charge on any atom is 0.224 e. The van der Waals surface area contributed by atoms with Crippen LogP contribution in [0.5, 0.6) is 0 Å². The van der Waals surface area contributed by atoms with Crippen molar-refractivity contribution in [1.82, 2.24) is 5.32 Å². The van der Waals surface area contributed by atoms with E-state index in [1.807, 2.05) is 37.3 Å². The van der Waals surface area contributed by atoms with Crippen LogP contribution < -0.4 is 16.4 Å². The van der Waals surface area contributed by atoms with Crippen molar-refractivity contribution in [3.63, 3.8) is 0 Å². The Labute approximate surface area is 170 Å². The number of halogens is 1. The van der Waals surface area contributed by atoms with E-state index in [0.29, 0.717) is 18.9 Å². The number of guanidine groups is 1. The summed E-state index contributed by atoms with van der Waals surface area (Å²) in [5.41, 5.74) is 7.70. The van der Waals surface area contributed by atoms with Crippen molar-refractivity contribution in [1.29, 1.82) is 0 Å². The number of hydrogen-bond donors (Lipinski definition) is 3. The Balaban J connectivity index is 0.00000312. The number of anilines is 1. The van der Waals surface area contributed by atoms with Gasteiger partial charge in [0.1, 0.15) is 0 Å². The monoisotopic (exact) mass is 472 g/mol. The summed E-state index contributed by atoms with van der Waals surface area (Å²) in [5.74, 6) is 0.472. The third kappa shape index (κ3) is 8.35. The molecule has 0 aliphatic carbocycles. The fourth-order valence-electron chi connectivity index (χ4n) is 2.20. The number of rotatable bonds is 8. The van der Waals surface area contributed by atoms with Crippen LogP contribution in [0.15, 0.2) is 46.8 Å². The number of nitrogens with one attached hydrogen (secondary N) is 2. The zero-order valence-corrected chi connectivity index (χ0v) is 17.5. The summed E-state index contributed by atoms with van der Waals surface area (Å²) in [6.07, 6.45) is 2.31. The smallest absolute Gasteiger partial charge is 0.224 e. The first-order chi connectivity index (χ1) is 11.7. The topological polar surface area (TPSA) is 79.5 Å². The van der Waals surface area contributed by atoms with Crippen LogP contribution in [0.2, 0.25) is 0 Å². The Morgan fingerprint density at radius 1 is 1.28 bits per heavy atom. The number of nitrogens with zero attached hydrogens (tertiary/aromatic N) is 1. The summed E-state index contributed by atoms with van der Waals surface area (Å²) in [6.45, 7) is 3.23. The van der Waals surface area contributed by atoms with E-state index in [-0.39, 0.29) is 29.9 Å². The first-order valence-electron chi connectivity index (χ1n) is 8.12. The summed E-state index contributed by atoms with van der Waals surface area (Å²) in [5, 5.41) is 8.08. The van der Waals surface area contributed by atoms with Crippen molar-refractivity contribution in [2.45, 2.75) is 32.7 Å². The van der Waals surface area contributed by atoms with Crippen LogP contribution in [-0.2, 0) is 17.8 Å². The lowest BCUT2D eigenvalue weighted by Gasteiger charge is -2.07. The highest BCUT2D eigenvalue weighted by molar-refractivity contribution is 14.0. The molecule has 1 amide bonds. The molecule has 0 saturated carbocycles. The molecule has 0 fully saturated rings. The zero-order chi connectivity index (χ0) is 17.2. The van der Waals surface area contributed by atoms with E-state index >= 15 is 0 Å². The van der Waals surface area contributed by atoms with Crippen LogP contribution in [0, 0.1) is 0 Å². The molecule has 5 nitrogen and oxygen atoms in total. The molecule has 0 radical (unpaired) electrons. The molecule has 0 bridgehead atoms. The fourth-order valence-corrected chi connectivity index (χ4v) is 2.91. The number of carbonyl (C=O) groups is 1. The molecule has 25 heavy (non-hydrogen) atoms. The number of carbonyl (C=O) groups excluding carboxylic acids is 1. The van der Waals surface area contributed by atoms with Crippen molar-refractivity contribution in [3.8, 4) is 0 Å². The number of hydrogen-bond acceptors (Lipinski definition) is 3. The molecule has 0 atom stereocenters. The highest BCUT2D eigenvalue weighted by Gasteiger charge is 2.02. The molecule has 136 valence electrons. The Morgan fingerprint density at radius 2 is 2.12 bits per heavy atom. The molecule has 0 aliphatic heterocycles. The van der Waals surface area contributed by atoms with E-state index in [1.165, 1.54) is 4.88 Å². The van der Waals surface area contributed by atoms with Gasteiger partial charge in [0.2, 0.25) is 5.91 Å². The van der Waals surface area contributed by atoms with E-state index in [2.05, 4.69) is 27.1 Å². The molecular weight excluding hydrogens is 447 g/mol. The highest BCUT2D eigenvalue weighted by Crippen LogP contribution is 2.12. The molecule has 0 unspecified atom stereocenters. The lowest BCUT2D eigenvalue weighted by molar-refractivity contribution is -0.116. The Kier molecular flexibility index (Phi) is 10.2. The SMILES string of the molecule is CCCC(=O)Nc1cccc(CN=C(N)NCCc2cccs2)c1.I. The number of aliphatic imine (C=N–C) groups is 1. The lowest BCUT2D eigenvalue weighted by Crippen LogP contribution is -2.33. The Morgan fingerprint density at radius 3 is 2.84 bits per heavy atom. The predicted molar refractivity (Wildman–Crippen MR) is 117 cm³/mol. The van der Waals surface area contributed by atoms with Gasteiger partial charge in [-0.1, -0.05) is 25.1 Å². The van der Waals surface area contributed by atoms with E-state index in [4.69, 9.17) is 5.73 Å². The van der Waals surface area contributed by atoms with Gasteiger partial charge in [0, 0.05) is 23.5 Å². The van der Waals surface area contributed by atoms with Crippen molar-refractivity contribution in [3.05, 3.63) is 52.2 Å². The maximum absolute atomic E-state index is 11.6. The average Bonchev–Trinajstić information content (AvgIpc) is 3.07. The van der Waals surface area contributed by atoms with Gasteiger partial charge in [0.15, 0.2) is 5.96 Å². The fraction of sp³-hybridized carbons (Fsp3) is 0.333. The predicted octanol–water partition coefficient (Wildman–Crippen LogP) is 3.75. The number of nitrogens with two attached hydrogens (primary N) is 1. The minimum absolute atomic E-state index is 0. The van der Waals surface area contributed by atoms with Crippen LogP contribution >= 0.6 is 35.3 Å². The summed E-state index contributed by atoms with van der Waals surface area (Å²) in [6, 6.07) is 11.8. The number of amides is 1. The molecule has 0 spiro atoms. The molecule has 2 aromatic rings. The van der Waals surface area contributed by atoms with Gasteiger partial charge in [-0.2, -0.15) is 0 Å². The maximum atomic E-state index is 11.6. The van der Waals surface area contributed by atoms with Crippen molar-refractivity contribution in [2.24, 2.45) is 10.7 Å². The first kappa shape index (κ1) is 21.4. The van der Waals surface area contributed by atoms with Crippen LogP contribution in [-0.4, -0.2) is 18.4 Å². The third-order valence-corrected chi connectivity index (χ3v) is 4.31. The second-order valence-corrected chi connectivity index (χ2v) is 6.49. The number of thiophene rings is 1. The minimum atomic E-state index is 0. The standard InChI is InChI=1S/C18H24N4OS.HI/c1-2-5-17(23)22-15-7-3-6-14(12-15)13-21-18(19)20-10-9-16-8-4-11-24-16;/h3-4,6-8,11-12H,2,5,9-10,13H2,1H3,(H,22,23)(H3,19,20,21);1H. The molecule has 4 N–H and O–H groups in total. The molecule has 0 aliphatic rings. The minimum Gasteiger partial charge on any atom is -0.370 e. The Hall–Kier alpha value is -1.61. The lowest BCUT2D eigenvalue weighted by atomic mass is 10.2. The molecule has 2 rings (SSSR count). The van der Waals surface area contributed by atoms with Gasteiger partial charge >= 0.3 is 0 Å². The molecule has 1 aromatic heterocycles. The average molecular weight is 472 g/mol. The van der Waals surface area contributed by atoms with E-state index < -0.39 is 0 Å². The van der Waals surface area contributed by atoms with Crippen LogP contribution in [0.25, 0.3) is 0 Å². The van der Waals surface area contributed by atoms with Gasteiger partial charge in [-0.3, -0.25) is 4.79 Å². The molecular formula is C18H25IN4OS. The van der Waals surface area contributed by atoms with E-state index in [0.717, 1.165) is 30.6 Å². The number of benzene rings is 1. The summed E-state index contributed by atoms with van der Waals surface area (Å²) in [7, 11) is 0. The second kappa shape index (κ2) is 11.9. The van der Waals surface area contributed by atoms with Gasteiger partial charge in [-0.25, -0.2) is 4.99 Å². The molecule has 0 saturated heterocycles. The summed E-state index contributed by atoms with van der Waals surface area (Å²) >= 11 is 1.74. The molecule has 1 heterocycles. The molecule has 1 aromatic carbocycles. The van der Waals surface area contributed by atoms with Gasteiger partial charge in [-0.05, 0) is 42.0 Å². The Bertz CT molecular complexity index is 673.